The second-order valence-corrected chi connectivity index (χ2v) is 6.90. The Morgan fingerprint density at radius 1 is 0.833 bits per heavy atom. The number of hydrogen-bond acceptors (Lipinski definition) is 9. The molecule has 0 amide bonds. The third kappa shape index (κ3) is 13.3. The lowest BCUT2D eigenvalue weighted by Gasteiger charge is -2.09. The molecule has 0 aliphatic carbocycles. The molecule has 0 radical (unpaired) electrons. The SMILES string of the molecule is CC(=O)O.CC(=O)O.COc1cc(CCC(=O)OC/C=C/c2cc(OC)c(O)c(OC)c2)ccc1O. The molecule has 2 aromatic rings. The molecule has 0 aliphatic rings. The first kappa shape index (κ1) is 31.6. The molecule has 0 fully saturated rings. The molecule has 36 heavy (non-hydrogen) atoms. The molecule has 11 heteroatoms. The van der Waals surface area contributed by atoms with Gasteiger partial charge < -0.3 is 39.4 Å². The van der Waals surface area contributed by atoms with Crippen molar-refractivity contribution in [2.24, 2.45) is 0 Å². The van der Waals surface area contributed by atoms with Gasteiger partial charge in [-0.15, -0.1) is 0 Å². The van der Waals surface area contributed by atoms with E-state index in [2.05, 4.69) is 0 Å². The van der Waals surface area contributed by atoms with Gasteiger partial charge in [-0.2, -0.15) is 0 Å². The van der Waals surface area contributed by atoms with Gasteiger partial charge in [-0.1, -0.05) is 12.1 Å². The maximum atomic E-state index is 11.9. The average molecular weight is 509 g/mol. The van der Waals surface area contributed by atoms with Crippen LogP contribution in [0.4, 0.5) is 0 Å². The Bertz CT molecular complexity index is 984. The van der Waals surface area contributed by atoms with E-state index in [1.54, 1.807) is 36.4 Å². The van der Waals surface area contributed by atoms with Crippen LogP contribution in [0.3, 0.4) is 0 Å². The monoisotopic (exact) mass is 508 g/mol. The number of carbonyl (C=O) groups excluding carboxylic acids is 1. The molecule has 0 aliphatic heterocycles. The van der Waals surface area contributed by atoms with Crippen LogP contribution in [0.2, 0.25) is 0 Å². The van der Waals surface area contributed by atoms with E-state index in [9.17, 15) is 15.0 Å². The highest BCUT2D eigenvalue weighted by Crippen LogP contribution is 2.37. The van der Waals surface area contributed by atoms with Gasteiger partial charge in [-0.25, -0.2) is 0 Å². The van der Waals surface area contributed by atoms with E-state index in [4.69, 9.17) is 38.7 Å². The molecular weight excluding hydrogens is 476 g/mol. The van der Waals surface area contributed by atoms with Gasteiger partial charge in [-0.05, 0) is 47.9 Å². The minimum Gasteiger partial charge on any atom is -0.504 e. The molecular formula is C25H32O11. The molecule has 0 unspecified atom stereocenters. The number of carbonyl (C=O) groups is 3. The van der Waals surface area contributed by atoms with Crippen LogP contribution >= 0.6 is 0 Å². The number of ether oxygens (including phenoxy) is 4. The number of phenolic OH excluding ortho intramolecular Hbond substituents is 2. The number of rotatable bonds is 9. The van der Waals surface area contributed by atoms with E-state index in [0.717, 1.165) is 25.0 Å². The Kier molecular flexibility index (Phi) is 15.0. The summed E-state index contributed by atoms with van der Waals surface area (Å²) in [5.41, 5.74) is 1.60. The van der Waals surface area contributed by atoms with Crippen molar-refractivity contribution < 1.29 is 53.8 Å². The minimum atomic E-state index is -0.833. The molecule has 198 valence electrons. The second kappa shape index (κ2) is 17.1. The zero-order chi connectivity index (χ0) is 27.7. The van der Waals surface area contributed by atoms with Crippen LogP contribution in [-0.2, 0) is 25.5 Å². The number of hydrogen-bond donors (Lipinski definition) is 4. The van der Waals surface area contributed by atoms with Crippen LogP contribution in [-0.4, -0.2) is 66.3 Å². The fraction of sp³-hybridized carbons (Fsp3) is 0.320. The molecule has 0 aromatic heterocycles. The number of phenols is 2. The van der Waals surface area contributed by atoms with Gasteiger partial charge in [-0.3, -0.25) is 14.4 Å². The fourth-order valence-corrected chi connectivity index (χ4v) is 2.53. The van der Waals surface area contributed by atoms with Crippen LogP contribution in [0.1, 0.15) is 31.4 Å². The molecule has 0 heterocycles. The summed E-state index contributed by atoms with van der Waals surface area (Å²) in [5.74, 6) is -1.06. The maximum absolute atomic E-state index is 11.9. The number of carboxylic acid groups (broad SMARTS) is 2. The smallest absolute Gasteiger partial charge is 0.306 e. The number of benzene rings is 2. The van der Waals surface area contributed by atoms with E-state index in [1.165, 1.54) is 27.4 Å². The van der Waals surface area contributed by atoms with E-state index in [1.807, 2.05) is 0 Å². The normalized spacial score (nSPS) is 9.69. The number of aliphatic carboxylic acids is 2. The Morgan fingerprint density at radius 2 is 1.33 bits per heavy atom. The van der Waals surface area contributed by atoms with Crippen LogP contribution in [0, 0.1) is 0 Å². The Hall–Kier alpha value is -4.41. The lowest BCUT2D eigenvalue weighted by Crippen LogP contribution is -2.05. The average Bonchev–Trinajstić information content (AvgIpc) is 2.81. The predicted octanol–water partition coefficient (Wildman–Crippen LogP) is 3.49. The number of esters is 1. The van der Waals surface area contributed by atoms with E-state index < -0.39 is 11.9 Å². The van der Waals surface area contributed by atoms with Crippen LogP contribution in [0.15, 0.2) is 36.4 Å². The van der Waals surface area contributed by atoms with Crippen molar-refractivity contribution in [1.29, 1.82) is 0 Å². The summed E-state index contributed by atoms with van der Waals surface area (Å²) in [6.45, 7) is 2.28. The van der Waals surface area contributed by atoms with Crippen molar-refractivity contribution in [2.45, 2.75) is 26.7 Å². The van der Waals surface area contributed by atoms with E-state index in [0.29, 0.717) is 23.7 Å². The topological polar surface area (TPSA) is 169 Å². The molecule has 0 bridgehead atoms. The second-order valence-electron chi connectivity index (χ2n) is 6.90. The van der Waals surface area contributed by atoms with Crippen molar-refractivity contribution in [3.63, 3.8) is 0 Å². The molecule has 0 saturated heterocycles. The number of carboxylic acids is 2. The van der Waals surface area contributed by atoms with Gasteiger partial charge in [0.25, 0.3) is 11.9 Å². The van der Waals surface area contributed by atoms with Crippen molar-refractivity contribution in [2.75, 3.05) is 27.9 Å². The number of aryl methyl sites for hydroxylation is 1. The molecule has 0 atom stereocenters. The number of methoxy groups -OCH3 is 3. The fourth-order valence-electron chi connectivity index (χ4n) is 2.53. The summed E-state index contributed by atoms with van der Waals surface area (Å²) >= 11 is 0. The largest absolute Gasteiger partial charge is 0.504 e. The zero-order valence-electron chi connectivity index (χ0n) is 20.8. The minimum absolute atomic E-state index is 0.0569. The molecule has 0 spiro atoms. The van der Waals surface area contributed by atoms with Gasteiger partial charge in [0.15, 0.2) is 23.0 Å². The lowest BCUT2D eigenvalue weighted by molar-refractivity contribution is -0.142. The Balaban J connectivity index is 0.00000133. The summed E-state index contributed by atoms with van der Waals surface area (Å²) in [6.07, 6.45) is 4.11. The first-order valence-electron chi connectivity index (χ1n) is 10.5. The van der Waals surface area contributed by atoms with Crippen molar-refractivity contribution >= 4 is 24.0 Å². The summed E-state index contributed by atoms with van der Waals surface area (Å²) in [4.78, 5) is 29.9. The van der Waals surface area contributed by atoms with E-state index >= 15 is 0 Å². The molecule has 4 N–H and O–H groups in total. The zero-order valence-corrected chi connectivity index (χ0v) is 20.8. The molecule has 0 saturated carbocycles. The molecule has 11 nitrogen and oxygen atoms in total. The van der Waals surface area contributed by atoms with Gasteiger partial charge in [0.05, 0.1) is 21.3 Å². The highest BCUT2D eigenvalue weighted by Gasteiger charge is 2.10. The summed E-state index contributed by atoms with van der Waals surface area (Å²) in [5, 5.41) is 34.3. The van der Waals surface area contributed by atoms with E-state index in [-0.39, 0.29) is 30.5 Å². The van der Waals surface area contributed by atoms with Crippen LogP contribution < -0.4 is 14.2 Å². The summed E-state index contributed by atoms with van der Waals surface area (Å²) in [7, 11) is 4.37. The molecule has 2 aromatic carbocycles. The van der Waals surface area contributed by atoms with Gasteiger partial charge in [0, 0.05) is 20.3 Å². The van der Waals surface area contributed by atoms with Crippen molar-refractivity contribution in [3.8, 4) is 28.7 Å². The highest BCUT2D eigenvalue weighted by molar-refractivity contribution is 5.70. The van der Waals surface area contributed by atoms with Gasteiger partial charge in [0.1, 0.15) is 6.61 Å². The first-order valence-corrected chi connectivity index (χ1v) is 10.5. The summed E-state index contributed by atoms with van der Waals surface area (Å²) in [6, 6.07) is 8.25. The molecule has 2 rings (SSSR count). The van der Waals surface area contributed by atoms with Crippen molar-refractivity contribution in [3.05, 3.63) is 47.5 Å². The Morgan fingerprint density at radius 3 is 1.81 bits per heavy atom. The number of aromatic hydroxyl groups is 2. The van der Waals surface area contributed by atoms with Crippen LogP contribution in [0.25, 0.3) is 6.08 Å². The van der Waals surface area contributed by atoms with Gasteiger partial charge >= 0.3 is 5.97 Å². The third-order valence-corrected chi connectivity index (χ3v) is 4.01. The van der Waals surface area contributed by atoms with Crippen molar-refractivity contribution in [1.82, 2.24) is 0 Å². The predicted molar refractivity (Wildman–Crippen MR) is 131 cm³/mol. The summed E-state index contributed by atoms with van der Waals surface area (Å²) < 4.78 is 20.4. The van der Waals surface area contributed by atoms with Crippen LogP contribution in [0.5, 0.6) is 28.7 Å². The first-order chi connectivity index (χ1) is 16.9. The highest BCUT2D eigenvalue weighted by atomic mass is 16.5. The standard InChI is InChI=1S/C21H24O7.2C2H4O2/c1-25-17-11-14(6-8-16(17)22)7-9-20(23)28-10-4-5-15-12-18(26-2)21(24)19(13-15)27-3;2*1-2(3)4/h4-6,8,11-13,22,24H,7,9-10H2,1-3H3;2*1H3,(H,3,4)/b5-4+;;. The third-order valence-electron chi connectivity index (χ3n) is 4.01. The van der Waals surface area contributed by atoms with Gasteiger partial charge in [0.2, 0.25) is 5.75 Å². The Labute approximate surface area is 209 Å². The maximum Gasteiger partial charge on any atom is 0.306 e. The lowest BCUT2D eigenvalue weighted by atomic mass is 10.1. The quantitative estimate of drug-likeness (QED) is 0.366.